The van der Waals surface area contributed by atoms with Crippen molar-refractivity contribution in [2.45, 2.75) is 25.7 Å². The third-order valence-electron chi connectivity index (χ3n) is 2.07. The number of rotatable bonds is 3. The Balaban J connectivity index is 2.98. The van der Waals surface area contributed by atoms with Crippen LogP contribution >= 0.6 is 0 Å². The van der Waals surface area contributed by atoms with Crippen LogP contribution in [0.3, 0.4) is 0 Å². The summed E-state index contributed by atoms with van der Waals surface area (Å²) >= 11 is 0. The molecule has 0 aliphatic heterocycles. The van der Waals surface area contributed by atoms with Gasteiger partial charge in [-0.3, -0.25) is 0 Å². The van der Waals surface area contributed by atoms with Gasteiger partial charge >= 0.3 is 6.36 Å². The Morgan fingerprint density at radius 1 is 1.44 bits per heavy atom. The number of benzene rings is 1. The Morgan fingerprint density at radius 3 is 2.56 bits per heavy atom. The second-order valence-electron chi connectivity index (χ2n) is 3.28. The molecule has 0 spiro atoms. The summed E-state index contributed by atoms with van der Waals surface area (Å²) in [5, 5.41) is 9.42. The van der Waals surface area contributed by atoms with Crippen molar-refractivity contribution in [3.8, 4) is 11.5 Å². The zero-order chi connectivity index (χ0) is 12.3. The van der Waals surface area contributed by atoms with Crippen molar-refractivity contribution >= 4 is 0 Å². The number of ether oxygens (including phenoxy) is 1. The molecular weight excluding hydrogens is 223 g/mol. The van der Waals surface area contributed by atoms with Crippen LogP contribution in [0.4, 0.5) is 13.2 Å². The molecule has 1 rings (SSSR count). The highest BCUT2D eigenvalue weighted by Gasteiger charge is 2.31. The van der Waals surface area contributed by atoms with Gasteiger partial charge in [0.1, 0.15) is 11.5 Å². The maximum absolute atomic E-state index is 11.9. The van der Waals surface area contributed by atoms with Gasteiger partial charge in [0.15, 0.2) is 0 Å². The summed E-state index contributed by atoms with van der Waals surface area (Å²) in [6.07, 6.45) is -4.24. The third kappa shape index (κ3) is 3.30. The van der Waals surface area contributed by atoms with Gasteiger partial charge in [-0.1, -0.05) is 6.92 Å². The molecule has 6 heteroatoms. The van der Waals surface area contributed by atoms with Crippen LogP contribution in [0.2, 0.25) is 0 Å². The molecule has 0 aliphatic carbocycles. The first-order valence-electron chi connectivity index (χ1n) is 4.67. The summed E-state index contributed by atoms with van der Waals surface area (Å²) < 4.78 is 39.5. The zero-order valence-corrected chi connectivity index (χ0v) is 8.58. The molecule has 0 bridgehead atoms. The monoisotopic (exact) mass is 235 g/mol. The molecule has 0 amide bonds. The van der Waals surface area contributed by atoms with E-state index in [1.54, 1.807) is 6.92 Å². The highest BCUT2D eigenvalue weighted by molar-refractivity contribution is 5.41. The van der Waals surface area contributed by atoms with E-state index in [4.69, 9.17) is 5.73 Å². The summed E-state index contributed by atoms with van der Waals surface area (Å²) in [4.78, 5) is 0. The molecule has 0 heterocycles. The van der Waals surface area contributed by atoms with E-state index in [1.807, 2.05) is 0 Å². The normalized spacial score (nSPS) is 13.6. The fraction of sp³-hybridized carbons (Fsp3) is 0.400. The Morgan fingerprint density at radius 2 is 2.06 bits per heavy atom. The molecule has 1 aromatic rings. The van der Waals surface area contributed by atoms with E-state index in [0.29, 0.717) is 6.42 Å². The minimum atomic E-state index is -4.75. The first-order chi connectivity index (χ1) is 7.33. The van der Waals surface area contributed by atoms with Crippen LogP contribution in [0.5, 0.6) is 11.5 Å². The summed E-state index contributed by atoms with van der Waals surface area (Å²) in [7, 11) is 0. The molecule has 0 aromatic heterocycles. The molecule has 1 aromatic carbocycles. The third-order valence-corrected chi connectivity index (χ3v) is 2.07. The summed E-state index contributed by atoms with van der Waals surface area (Å²) in [6.45, 7) is 1.77. The average Bonchev–Trinajstić information content (AvgIpc) is 2.18. The molecule has 0 saturated heterocycles. The van der Waals surface area contributed by atoms with Gasteiger partial charge in [0, 0.05) is 11.6 Å². The largest absolute Gasteiger partial charge is 0.573 e. The number of phenols is 1. The van der Waals surface area contributed by atoms with Crippen LogP contribution in [-0.2, 0) is 0 Å². The standard InChI is InChI=1S/C10H12F3NO2/c1-2-8(14)7-5-6(3-4-9(7)15)16-10(11,12)13/h3-5,8,15H,2,14H2,1H3/t8-/m1/s1. The van der Waals surface area contributed by atoms with Gasteiger partial charge in [-0.2, -0.15) is 0 Å². The summed E-state index contributed by atoms with van der Waals surface area (Å²) in [6, 6.07) is 2.74. The van der Waals surface area contributed by atoms with Gasteiger partial charge in [0.05, 0.1) is 0 Å². The number of halogens is 3. The molecule has 16 heavy (non-hydrogen) atoms. The quantitative estimate of drug-likeness (QED) is 0.846. The van der Waals surface area contributed by atoms with E-state index in [1.165, 1.54) is 0 Å². The number of hydrogen-bond acceptors (Lipinski definition) is 3. The first-order valence-corrected chi connectivity index (χ1v) is 4.67. The molecule has 0 fully saturated rings. The maximum Gasteiger partial charge on any atom is 0.573 e. The molecule has 0 radical (unpaired) electrons. The van der Waals surface area contributed by atoms with Gasteiger partial charge in [-0.15, -0.1) is 13.2 Å². The second kappa shape index (κ2) is 4.61. The van der Waals surface area contributed by atoms with E-state index in [9.17, 15) is 18.3 Å². The number of alkyl halides is 3. The minimum absolute atomic E-state index is 0.135. The number of nitrogens with two attached hydrogens (primary N) is 1. The second-order valence-corrected chi connectivity index (χ2v) is 3.28. The van der Waals surface area contributed by atoms with Gasteiger partial charge in [-0.05, 0) is 24.6 Å². The Bertz CT molecular complexity index is 366. The van der Waals surface area contributed by atoms with Crippen LogP contribution in [0.15, 0.2) is 18.2 Å². The lowest BCUT2D eigenvalue weighted by molar-refractivity contribution is -0.274. The van der Waals surface area contributed by atoms with Gasteiger partial charge in [0.25, 0.3) is 0 Å². The molecule has 3 N–H and O–H groups in total. The lowest BCUT2D eigenvalue weighted by atomic mass is 10.0. The number of hydrogen-bond donors (Lipinski definition) is 2. The van der Waals surface area contributed by atoms with E-state index in [0.717, 1.165) is 18.2 Å². The van der Waals surface area contributed by atoms with Crippen LogP contribution in [0, 0.1) is 0 Å². The maximum atomic E-state index is 11.9. The first kappa shape index (κ1) is 12.6. The van der Waals surface area contributed by atoms with E-state index in [-0.39, 0.29) is 17.1 Å². The van der Waals surface area contributed by atoms with Crippen molar-refractivity contribution in [3.05, 3.63) is 23.8 Å². The van der Waals surface area contributed by atoms with E-state index in [2.05, 4.69) is 4.74 Å². The van der Waals surface area contributed by atoms with Crippen LogP contribution in [0.1, 0.15) is 24.9 Å². The van der Waals surface area contributed by atoms with E-state index >= 15 is 0 Å². The predicted molar refractivity (Wildman–Crippen MR) is 52.0 cm³/mol. The predicted octanol–water partition coefficient (Wildman–Crippen LogP) is 2.70. The van der Waals surface area contributed by atoms with E-state index < -0.39 is 12.4 Å². The lowest BCUT2D eigenvalue weighted by Crippen LogP contribution is -2.17. The molecule has 0 unspecified atom stereocenters. The van der Waals surface area contributed by atoms with Crippen LogP contribution < -0.4 is 10.5 Å². The Labute approximate surface area is 90.6 Å². The molecule has 90 valence electrons. The highest BCUT2D eigenvalue weighted by Crippen LogP contribution is 2.31. The molecule has 3 nitrogen and oxygen atoms in total. The topological polar surface area (TPSA) is 55.5 Å². The van der Waals surface area contributed by atoms with Crippen molar-refractivity contribution in [1.29, 1.82) is 0 Å². The fourth-order valence-electron chi connectivity index (χ4n) is 1.25. The smallest absolute Gasteiger partial charge is 0.508 e. The molecule has 0 saturated carbocycles. The number of phenolic OH excluding ortho intramolecular Hbond substituents is 1. The highest BCUT2D eigenvalue weighted by atomic mass is 19.4. The Kier molecular flexibility index (Phi) is 3.64. The zero-order valence-electron chi connectivity index (χ0n) is 8.58. The number of aromatic hydroxyl groups is 1. The van der Waals surface area contributed by atoms with Gasteiger partial charge < -0.3 is 15.6 Å². The molecular formula is C10H12F3NO2. The Hall–Kier alpha value is -1.43. The van der Waals surface area contributed by atoms with Crippen molar-refractivity contribution in [3.63, 3.8) is 0 Å². The summed E-state index contributed by atoms with van der Waals surface area (Å²) in [5.41, 5.74) is 5.87. The molecule has 1 atom stereocenters. The van der Waals surface area contributed by atoms with Crippen LogP contribution in [0.25, 0.3) is 0 Å². The van der Waals surface area contributed by atoms with Crippen molar-refractivity contribution in [2.24, 2.45) is 5.73 Å². The summed E-state index contributed by atoms with van der Waals surface area (Å²) in [5.74, 6) is -0.520. The van der Waals surface area contributed by atoms with Gasteiger partial charge in [-0.25, -0.2) is 0 Å². The fourth-order valence-corrected chi connectivity index (χ4v) is 1.25. The molecule has 0 aliphatic rings. The SMILES string of the molecule is CC[C@@H](N)c1cc(OC(F)(F)F)ccc1O. The van der Waals surface area contributed by atoms with Gasteiger partial charge in [0.2, 0.25) is 0 Å². The minimum Gasteiger partial charge on any atom is -0.508 e. The van der Waals surface area contributed by atoms with Crippen molar-refractivity contribution < 1.29 is 23.0 Å². The van der Waals surface area contributed by atoms with Crippen molar-refractivity contribution in [1.82, 2.24) is 0 Å². The van der Waals surface area contributed by atoms with Crippen molar-refractivity contribution in [2.75, 3.05) is 0 Å². The lowest BCUT2D eigenvalue weighted by Gasteiger charge is -2.14. The average molecular weight is 235 g/mol. The van der Waals surface area contributed by atoms with Crippen LogP contribution in [-0.4, -0.2) is 11.5 Å².